The Labute approximate surface area is 172 Å². The molecule has 2 aromatic rings. The van der Waals surface area contributed by atoms with E-state index in [0.717, 1.165) is 41.4 Å². The monoisotopic (exact) mass is 417 g/mol. The van der Waals surface area contributed by atoms with E-state index >= 15 is 0 Å². The van der Waals surface area contributed by atoms with Gasteiger partial charge in [0, 0.05) is 40.9 Å². The average molecular weight is 418 g/mol. The predicted octanol–water partition coefficient (Wildman–Crippen LogP) is 3.56. The standard InChI is InChI=1S/C21H21Cl2N3O2/c1-19(2)15-9-20-4-3-5-26(20)18(28)21(15,25-17(20)27)8-11-10-6-12(22)13(23)7-14(10)24-16(11)19/h6-7,15,24H,3-5,8-9H2,1-2H3,(H,25,27)/t15-,20?,21?/m0/s1. The zero-order chi connectivity index (χ0) is 19.6. The summed E-state index contributed by atoms with van der Waals surface area (Å²) in [5, 5.41) is 5.20. The van der Waals surface area contributed by atoms with Crippen molar-refractivity contribution in [2.75, 3.05) is 6.54 Å². The number of rotatable bonds is 0. The number of aromatic nitrogens is 1. The number of hydrogen-bond donors (Lipinski definition) is 2. The molecule has 2 N–H and O–H groups in total. The summed E-state index contributed by atoms with van der Waals surface area (Å²) in [6.45, 7) is 5.06. The van der Waals surface area contributed by atoms with Crippen molar-refractivity contribution in [2.24, 2.45) is 5.92 Å². The molecule has 4 fully saturated rings. The van der Waals surface area contributed by atoms with Crippen LogP contribution in [-0.2, 0) is 21.4 Å². The molecular weight excluding hydrogens is 397 g/mol. The molecule has 2 bridgehead atoms. The van der Waals surface area contributed by atoms with Gasteiger partial charge in [-0.3, -0.25) is 9.59 Å². The third-order valence-corrected chi connectivity index (χ3v) is 8.65. The molecule has 7 rings (SSSR count). The molecule has 0 saturated carbocycles. The van der Waals surface area contributed by atoms with E-state index in [0.29, 0.717) is 23.0 Å². The minimum atomic E-state index is -0.874. The topological polar surface area (TPSA) is 65.2 Å². The molecule has 146 valence electrons. The summed E-state index contributed by atoms with van der Waals surface area (Å²) in [6.07, 6.45) is 2.88. The first-order chi connectivity index (χ1) is 13.2. The lowest BCUT2D eigenvalue weighted by Crippen LogP contribution is -2.84. The highest BCUT2D eigenvalue weighted by Gasteiger charge is 2.72. The summed E-state index contributed by atoms with van der Waals surface area (Å²) in [5.41, 5.74) is 1.30. The van der Waals surface area contributed by atoms with Crippen molar-refractivity contribution >= 4 is 45.9 Å². The fraction of sp³-hybridized carbons (Fsp3) is 0.524. The van der Waals surface area contributed by atoms with E-state index in [9.17, 15) is 9.59 Å². The molecule has 1 aromatic heterocycles. The average Bonchev–Trinajstić information content (AvgIpc) is 3.21. The molecule has 2 unspecified atom stereocenters. The lowest BCUT2D eigenvalue weighted by molar-refractivity contribution is -0.179. The van der Waals surface area contributed by atoms with E-state index in [-0.39, 0.29) is 23.1 Å². The van der Waals surface area contributed by atoms with Crippen LogP contribution in [0.2, 0.25) is 10.0 Å². The lowest BCUT2D eigenvalue weighted by atomic mass is 9.51. The highest BCUT2D eigenvalue weighted by atomic mass is 35.5. The van der Waals surface area contributed by atoms with Crippen LogP contribution in [0.4, 0.5) is 0 Å². The van der Waals surface area contributed by atoms with Crippen molar-refractivity contribution in [3.63, 3.8) is 0 Å². The molecule has 1 aromatic carbocycles. The number of carbonyl (C=O) groups excluding carboxylic acids is 2. The number of piperazine rings is 1. The Hall–Kier alpha value is -1.72. The molecule has 2 spiro atoms. The number of amides is 2. The minimum Gasteiger partial charge on any atom is -0.358 e. The summed E-state index contributed by atoms with van der Waals surface area (Å²) in [5.74, 6) is 0.168. The first-order valence-electron chi connectivity index (χ1n) is 9.85. The quantitative estimate of drug-likeness (QED) is 0.687. The van der Waals surface area contributed by atoms with Crippen LogP contribution in [0.15, 0.2) is 12.1 Å². The van der Waals surface area contributed by atoms with Gasteiger partial charge < -0.3 is 15.2 Å². The molecule has 0 radical (unpaired) electrons. The molecule has 3 atom stereocenters. The first kappa shape index (κ1) is 17.2. The first-order valence-corrected chi connectivity index (χ1v) is 10.6. The van der Waals surface area contributed by atoms with Gasteiger partial charge in [-0.05, 0) is 37.0 Å². The van der Waals surface area contributed by atoms with Gasteiger partial charge in [0.25, 0.3) is 0 Å². The number of nitrogens with one attached hydrogen (secondary N) is 2. The fourth-order valence-corrected chi connectivity index (χ4v) is 6.95. The van der Waals surface area contributed by atoms with Gasteiger partial charge in [-0.25, -0.2) is 0 Å². The number of carbonyl (C=O) groups is 2. The van der Waals surface area contributed by atoms with Crippen LogP contribution in [0, 0.1) is 5.92 Å². The van der Waals surface area contributed by atoms with E-state index in [2.05, 4.69) is 24.1 Å². The van der Waals surface area contributed by atoms with Crippen LogP contribution in [-0.4, -0.2) is 39.3 Å². The van der Waals surface area contributed by atoms with Gasteiger partial charge in [-0.2, -0.15) is 0 Å². The Morgan fingerprint density at radius 3 is 2.71 bits per heavy atom. The molecule has 4 aliphatic heterocycles. The van der Waals surface area contributed by atoms with Gasteiger partial charge in [-0.1, -0.05) is 37.0 Å². The summed E-state index contributed by atoms with van der Waals surface area (Å²) >= 11 is 12.5. The third kappa shape index (κ3) is 1.69. The summed E-state index contributed by atoms with van der Waals surface area (Å²) < 4.78 is 0. The highest BCUT2D eigenvalue weighted by molar-refractivity contribution is 6.42. The van der Waals surface area contributed by atoms with Crippen molar-refractivity contribution in [3.8, 4) is 0 Å². The maximum atomic E-state index is 13.7. The molecule has 28 heavy (non-hydrogen) atoms. The van der Waals surface area contributed by atoms with Gasteiger partial charge >= 0.3 is 0 Å². The second-order valence-electron chi connectivity index (χ2n) is 9.46. The predicted molar refractivity (Wildman–Crippen MR) is 108 cm³/mol. The summed E-state index contributed by atoms with van der Waals surface area (Å²) in [4.78, 5) is 32.3. The van der Waals surface area contributed by atoms with Crippen LogP contribution >= 0.6 is 23.2 Å². The number of aromatic amines is 1. The largest absolute Gasteiger partial charge is 0.358 e. The second kappa shape index (κ2) is 4.88. The Balaban J connectivity index is 1.63. The van der Waals surface area contributed by atoms with Gasteiger partial charge in [-0.15, -0.1) is 0 Å². The SMILES string of the molecule is CC1(C)c2[nH]c3cc(Cl)c(Cl)cc3c2CC23NC(=O)C4(CCCN4C2=O)C[C@H]31. The zero-order valence-electron chi connectivity index (χ0n) is 15.8. The molecule has 4 saturated heterocycles. The molecule has 5 heterocycles. The molecule has 1 aliphatic carbocycles. The summed E-state index contributed by atoms with van der Waals surface area (Å²) in [6, 6.07) is 3.73. The van der Waals surface area contributed by atoms with Crippen LogP contribution in [0.1, 0.15) is 44.4 Å². The lowest BCUT2D eigenvalue weighted by Gasteiger charge is -2.64. The minimum absolute atomic E-state index is 0.0287. The van der Waals surface area contributed by atoms with Gasteiger partial charge in [0.15, 0.2) is 0 Å². The molecule has 7 heteroatoms. The van der Waals surface area contributed by atoms with Crippen LogP contribution in [0.25, 0.3) is 10.9 Å². The van der Waals surface area contributed by atoms with Crippen LogP contribution in [0.3, 0.4) is 0 Å². The normalized spacial score (nSPS) is 35.0. The van der Waals surface area contributed by atoms with E-state index in [1.807, 2.05) is 17.0 Å². The number of hydrogen-bond acceptors (Lipinski definition) is 2. The van der Waals surface area contributed by atoms with Crippen molar-refractivity contribution in [1.82, 2.24) is 15.2 Å². The van der Waals surface area contributed by atoms with Gasteiger partial charge in [0.05, 0.1) is 10.0 Å². The Kier molecular flexibility index (Phi) is 2.99. The fourth-order valence-electron chi connectivity index (χ4n) is 6.62. The number of halogens is 2. The van der Waals surface area contributed by atoms with E-state index in [4.69, 9.17) is 23.2 Å². The number of nitrogens with zero attached hydrogens (tertiary/aromatic N) is 1. The Bertz CT molecular complexity index is 1110. The maximum Gasteiger partial charge on any atom is 0.249 e. The van der Waals surface area contributed by atoms with E-state index in [1.54, 1.807) is 0 Å². The second-order valence-corrected chi connectivity index (χ2v) is 10.3. The van der Waals surface area contributed by atoms with Crippen molar-refractivity contribution in [2.45, 2.75) is 56.0 Å². The number of fused-ring (bicyclic) bond motifs is 4. The molecule has 5 aliphatic rings. The zero-order valence-corrected chi connectivity index (χ0v) is 17.3. The Morgan fingerprint density at radius 1 is 1.18 bits per heavy atom. The van der Waals surface area contributed by atoms with Crippen molar-refractivity contribution < 1.29 is 9.59 Å². The number of piperidine rings is 2. The molecule has 2 amide bonds. The van der Waals surface area contributed by atoms with Crippen LogP contribution < -0.4 is 5.32 Å². The third-order valence-electron chi connectivity index (χ3n) is 7.93. The molecular formula is C21H21Cl2N3O2. The maximum absolute atomic E-state index is 13.7. The number of benzene rings is 1. The smallest absolute Gasteiger partial charge is 0.249 e. The Morgan fingerprint density at radius 2 is 1.93 bits per heavy atom. The van der Waals surface area contributed by atoms with E-state index in [1.165, 1.54) is 0 Å². The van der Waals surface area contributed by atoms with Crippen molar-refractivity contribution in [3.05, 3.63) is 33.4 Å². The molecule has 5 nitrogen and oxygen atoms in total. The van der Waals surface area contributed by atoms with Crippen LogP contribution in [0.5, 0.6) is 0 Å². The number of H-pyrrole nitrogens is 1. The highest BCUT2D eigenvalue weighted by Crippen LogP contribution is 2.59. The van der Waals surface area contributed by atoms with E-state index < -0.39 is 11.1 Å². The van der Waals surface area contributed by atoms with Gasteiger partial charge in [0.1, 0.15) is 11.1 Å². The van der Waals surface area contributed by atoms with Gasteiger partial charge in [0.2, 0.25) is 11.8 Å². The van der Waals surface area contributed by atoms with Crippen molar-refractivity contribution in [1.29, 1.82) is 0 Å². The summed E-state index contributed by atoms with van der Waals surface area (Å²) in [7, 11) is 0.